The Balaban J connectivity index is 1.70. The van der Waals surface area contributed by atoms with Crippen molar-refractivity contribution in [3.8, 4) is 6.07 Å². The fraction of sp³-hybridized carbons (Fsp3) is 0.938. The predicted molar refractivity (Wildman–Crippen MR) is 78.9 cm³/mol. The lowest BCUT2D eigenvalue weighted by atomic mass is 9.89. The summed E-state index contributed by atoms with van der Waals surface area (Å²) in [7, 11) is 0. The van der Waals surface area contributed by atoms with Gasteiger partial charge in [-0.2, -0.15) is 5.26 Å². The molecule has 2 fully saturated rings. The van der Waals surface area contributed by atoms with E-state index in [1.165, 1.54) is 51.7 Å². The standard InChI is InChI=1S/C16H29N3/c1-16(2,13-17)9-5-11-19-10-4-3-6-15(19)12-18-14-7-8-14/h14-15,18H,3-12H2,1-2H3. The Hall–Kier alpha value is -0.590. The van der Waals surface area contributed by atoms with Crippen LogP contribution >= 0.6 is 0 Å². The van der Waals surface area contributed by atoms with Gasteiger partial charge in [-0.3, -0.25) is 4.90 Å². The maximum absolute atomic E-state index is 9.06. The number of nitrogens with one attached hydrogen (secondary N) is 1. The van der Waals surface area contributed by atoms with E-state index in [1.54, 1.807) is 0 Å². The Labute approximate surface area is 118 Å². The van der Waals surface area contributed by atoms with E-state index in [-0.39, 0.29) is 5.41 Å². The molecule has 1 saturated heterocycles. The summed E-state index contributed by atoms with van der Waals surface area (Å²) < 4.78 is 0. The van der Waals surface area contributed by atoms with Crippen molar-refractivity contribution in [1.29, 1.82) is 5.26 Å². The van der Waals surface area contributed by atoms with Crippen LogP contribution in [0, 0.1) is 16.7 Å². The lowest BCUT2D eigenvalue weighted by molar-refractivity contribution is 0.139. The van der Waals surface area contributed by atoms with Gasteiger partial charge in [0.25, 0.3) is 0 Å². The predicted octanol–water partition coefficient (Wildman–Crippen LogP) is 2.92. The third-order valence-electron chi connectivity index (χ3n) is 4.52. The zero-order valence-electron chi connectivity index (χ0n) is 12.6. The molecule has 0 amide bonds. The summed E-state index contributed by atoms with van der Waals surface area (Å²) >= 11 is 0. The van der Waals surface area contributed by atoms with Gasteiger partial charge in [-0.15, -0.1) is 0 Å². The van der Waals surface area contributed by atoms with Crippen LogP contribution in [0.15, 0.2) is 0 Å². The van der Waals surface area contributed by atoms with Crippen LogP contribution in [0.3, 0.4) is 0 Å². The molecule has 1 heterocycles. The molecule has 0 spiro atoms. The summed E-state index contributed by atoms with van der Waals surface area (Å²) in [6.45, 7) is 7.70. The van der Waals surface area contributed by atoms with Crippen LogP contribution in [0.25, 0.3) is 0 Å². The largest absolute Gasteiger partial charge is 0.312 e. The molecule has 2 rings (SSSR count). The zero-order chi connectivity index (χ0) is 13.7. The minimum Gasteiger partial charge on any atom is -0.312 e. The topological polar surface area (TPSA) is 39.1 Å². The average molecular weight is 263 g/mol. The second kappa shape index (κ2) is 6.72. The third kappa shape index (κ3) is 5.12. The van der Waals surface area contributed by atoms with Crippen LogP contribution < -0.4 is 5.32 Å². The molecule has 0 radical (unpaired) electrons. The number of hydrogen-bond donors (Lipinski definition) is 1. The van der Waals surface area contributed by atoms with Crippen LogP contribution in [-0.4, -0.2) is 36.6 Å². The van der Waals surface area contributed by atoms with E-state index >= 15 is 0 Å². The Kier molecular flexibility index (Phi) is 5.24. The second-order valence-electron chi connectivity index (χ2n) is 6.97. The summed E-state index contributed by atoms with van der Waals surface area (Å²) in [5, 5.41) is 12.7. The first-order valence-electron chi connectivity index (χ1n) is 7.99. The van der Waals surface area contributed by atoms with Gasteiger partial charge in [0.05, 0.1) is 11.5 Å². The van der Waals surface area contributed by atoms with Crippen molar-refractivity contribution in [3.63, 3.8) is 0 Å². The number of hydrogen-bond acceptors (Lipinski definition) is 3. The Morgan fingerprint density at radius 1 is 1.26 bits per heavy atom. The van der Waals surface area contributed by atoms with Crippen molar-refractivity contribution in [2.45, 2.75) is 70.9 Å². The van der Waals surface area contributed by atoms with Crippen LogP contribution in [0.1, 0.15) is 58.8 Å². The number of likely N-dealkylation sites (tertiary alicyclic amines) is 1. The smallest absolute Gasteiger partial charge is 0.0683 e. The van der Waals surface area contributed by atoms with Gasteiger partial charge >= 0.3 is 0 Å². The van der Waals surface area contributed by atoms with Gasteiger partial charge in [0.15, 0.2) is 0 Å². The number of piperidine rings is 1. The van der Waals surface area contributed by atoms with Crippen molar-refractivity contribution in [1.82, 2.24) is 10.2 Å². The maximum Gasteiger partial charge on any atom is 0.0683 e. The van der Waals surface area contributed by atoms with Crippen LogP contribution in [0.2, 0.25) is 0 Å². The normalized spacial score (nSPS) is 25.2. The first kappa shape index (κ1) is 14.8. The zero-order valence-corrected chi connectivity index (χ0v) is 12.6. The van der Waals surface area contributed by atoms with Gasteiger partial charge in [0.1, 0.15) is 0 Å². The monoisotopic (exact) mass is 263 g/mol. The van der Waals surface area contributed by atoms with E-state index < -0.39 is 0 Å². The lowest BCUT2D eigenvalue weighted by Gasteiger charge is -2.36. The summed E-state index contributed by atoms with van der Waals surface area (Å²) in [5.74, 6) is 0. The molecule has 108 valence electrons. The number of nitriles is 1. The Morgan fingerprint density at radius 3 is 2.74 bits per heavy atom. The highest BCUT2D eigenvalue weighted by Crippen LogP contribution is 2.24. The summed E-state index contributed by atoms with van der Waals surface area (Å²) in [6, 6.07) is 3.96. The second-order valence-corrected chi connectivity index (χ2v) is 6.97. The van der Waals surface area contributed by atoms with E-state index in [0.29, 0.717) is 0 Å². The number of nitrogens with zero attached hydrogens (tertiary/aromatic N) is 2. The van der Waals surface area contributed by atoms with E-state index in [4.69, 9.17) is 5.26 Å². The Morgan fingerprint density at radius 2 is 2.05 bits per heavy atom. The van der Waals surface area contributed by atoms with E-state index in [2.05, 4.69) is 30.1 Å². The first-order chi connectivity index (χ1) is 9.11. The molecule has 1 aliphatic carbocycles. The molecule has 0 aromatic carbocycles. The highest BCUT2D eigenvalue weighted by atomic mass is 15.2. The number of rotatable bonds is 7. The SMILES string of the molecule is CC(C)(C#N)CCCN1CCCCC1CNC1CC1. The Bertz CT molecular complexity index is 314. The molecule has 0 aromatic rings. The quantitative estimate of drug-likeness (QED) is 0.767. The first-order valence-corrected chi connectivity index (χ1v) is 7.99. The highest BCUT2D eigenvalue weighted by Gasteiger charge is 2.26. The molecule has 3 nitrogen and oxygen atoms in total. The molecular formula is C16H29N3. The molecule has 19 heavy (non-hydrogen) atoms. The van der Waals surface area contributed by atoms with Gasteiger partial charge in [-0.05, 0) is 65.5 Å². The van der Waals surface area contributed by atoms with Crippen LogP contribution in [0.5, 0.6) is 0 Å². The van der Waals surface area contributed by atoms with Gasteiger partial charge in [-0.1, -0.05) is 6.42 Å². The summed E-state index contributed by atoms with van der Waals surface area (Å²) in [6.07, 6.45) is 9.01. The maximum atomic E-state index is 9.06. The molecule has 3 heteroatoms. The molecule has 1 aliphatic heterocycles. The fourth-order valence-electron chi connectivity index (χ4n) is 2.96. The van der Waals surface area contributed by atoms with Gasteiger partial charge in [-0.25, -0.2) is 0 Å². The highest BCUT2D eigenvalue weighted by molar-refractivity contribution is 4.92. The summed E-state index contributed by atoms with van der Waals surface area (Å²) in [4.78, 5) is 2.66. The van der Waals surface area contributed by atoms with Gasteiger partial charge < -0.3 is 5.32 Å². The molecule has 1 atom stereocenters. The van der Waals surface area contributed by atoms with Crippen molar-refractivity contribution < 1.29 is 0 Å². The van der Waals surface area contributed by atoms with Crippen LogP contribution in [-0.2, 0) is 0 Å². The van der Waals surface area contributed by atoms with Crippen molar-refractivity contribution in [2.75, 3.05) is 19.6 Å². The molecule has 1 saturated carbocycles. The fourth-order valence-corrected chi connectivity index (χ4v) is 2.96. The third-order valence-corrected chi connectivity index (χ3v) is 4.52. The lowest BCUT2D eigenvalue weighted by Crippen LogP contribution is -2.46. The average Bonchev–Trinajstić information content (AvgIpc) is 3.21. The van der Waals surface area contributed by atoms with E-state index in [0.717, 1.165) is 24.9 Å². The molecular weight excluding hydrogens is 234 g/mol. The molecule has 2 aliphatic rings. The van der Waals surface area contributed by atoms with E-state index in [9.17, 15) is 0 Å². The minimum atomic E-state index is -0.155. The minimum absolute atomic E-state index is 0.155. The molecule has 1 unspecified atom stereocenters. The van der Waals surface area contributed by atoms with Crippen molar-refractivity contribution in [2.24, 2.45) is 5.41 Å². The molecule has 0 bridgehead atoms. The van der Waals surface area contributed by atoms with Gasteiger partial charge in [0.2, 0.25) is 0 Å². The molecule has 1 N–H and O–H groups in total. The van der Waals surface area contributed by atoms with E-state index in [1.807, 2.05) is 0 Å². The molecule has 0 aromatic heterocycles. The van der Waals surface area contributed by atoms with Gasteiger partial charge in [0, 0.05) is 18.6 Å². The van der Waals surface area contributed by atoms with Crippen LogP contribution in [0.4, 0.5) is 0 Å². The van der Waals surface area contributed by atoms with Crippen molar-refractivity contribution in [3.05, 3.63) is 0 Å². The summed E-state index contributed by atoms with van der Waals surface area (Å²) in [5.41, 5.74) is -0.155. The van der Waals surface area contributed by atoms with Crippen molar-refractivity contribution >= 4 is 0 Å².